The van der Waals surface area contributed by atoms with E-state index in [1.165, 1.54) is 0 Å². The Balaban J connectivity index is 2.26. The van der Waals surface area contributed by atoms with Gasteiger partial charge in [0.05, 0.1) is 22.3 Å². The summed E-state index contributed by atoms with van der Waals surface area (Å²) in [6.07, 6.45) is 1.90. The first kappa shape index (κ1) is 11.3. The molecule has 1 aromatic carbocycles. The summed E-state index contributed by atoms with van der Waals surface area (Å²) in [7, 11) is 0. The molecule has 86 valence electrons. The number of amides is 1. The second-order valence-corrected chi connectivity index (χ2v) is 4.43. The molecule has 16 heavy (non-hydrogen) atoms. The number of fused-ring (bicyclic) bond motifs is 1. The monoisotopic (exact) mass is 238 g/mol. The second-order valence-electron chi connectivity index (χ2n) is 4.02. The summed E-state index contributed by atoms with van der Waals surface area (Å²) in [5.41, 5.74) is 1.60. The molecule has 0 aliphatic carbocycles. The maximum absolute atomic E-state index is 11.9. The average molecular weight is 239 g/mol. The molecule has 1 aliphatic heterocycles. The van der Waals surface area contributed by atoms with Gasteiger partial charge in [-0.3, -0.25) is 4.79 Å². The molecule has 0 saturated heterocycles. The highest BCUT2D eigenvalue weighted by Gasteiger charge is 2.23. The van der Waals surface area contributed by atoms with Crippen molar-refractivity contribution in [3.05, 3.63) is 23.2 Å². The molecule has 1 unspecified atom stereocenters. The number of carbonyl (C=O) groups is 1. The van der Waals surface area contributed by atoms with Gasteiger partial charge in [-0.2, -0.15) is 0 Å². The molecular formula is C12H15ClN2O. The summed E-state index contributed by atoms with van der Waals surface area (Å²) < 4.78 is 0. The van der Waals surface area contributed by atoms with Crippen LogP contribution < -0.4 is 10.6 Å². The zero-order chi connectivity index (χ0) is 11.5. The van der Waals surface area contributed by atoms with Crippen LogP contribution in [0, 0.1) is 5.92 Å². The number of anilines is 2. The van der Waals surface area contributed by atoms with E-state index in [2.05, 4.69) is 17.6 Å². The first-order chi connectivity index (χ1) is 7.72. The predicted molar refractivity (Wildman–Crippen MR) is 67.0 cm³/mol. The fraction of sp³-hybridized carbons (Fsp3) is 0.417. The van der Waals surface area contributed by atoms with Gasteiger partial charge in [-0.05, 0) is 18.6 Å². The van der Waals surface area contributed by atoms with Crippen LogP contribution in [0.25, 0.3) is 0 Å². The average Bonchev–Trinajstić information content (AvgIpc) is 2.41. The Morgan fingerprint density at radius 2 is 2.31 bits per heavy atom. The summed E-state index contributed by atoms with van der Waals surface area (Å²) in [6, 6.07) is 5.52. The highest BCUT2D eigenvalue weighted by molar-refractivity contribution is 6.34. The standard InChI is InChI=1S/C12H15ClN2O/c1-2-4-8-7-14-11-9(13)5-3-6-10(11)15-12(8)16/h3,5-6,8,14H,2,4,7H2,1H3,(H,15,16). The van der Waals surface area contributed by atoms with Crippen LogP contribution >= 0.6 is 11.6 Å². The number of carbonyl (C=O) groups excluding carboxylic acids is 1. The predicted octanol–water partition coefficient (Wildman–Crippen LogP) is 3.12. The van der Waals surface area contributed by atoms with E-state index in [0.29, 0.717) is 11.6 Å². The van der Waals surface area contributed by atoms with Crippen LogP contribution in [-0.2, 0) is 4.79 Å². The zero-order valence-corrected chi connectivity index (χ0v) is 9.97. The number of halogens is 1. The molecule has 0 spiro atoms. The van der Waals surface area contributed by atoms with Gasteiger partial charge in [0, 0.05) is 6.54 Å². The minimum atomic E-state index is 0.0217. The molecule has 1 aromatic rings. The smallest absolute Gasteiger partial charge is 0.229 e. The number of benzene rings is 1. The summed E-state index contributed by atoms with van der Waals surface area (Å²) in [5.74, 6) is 0.101. The van der Waals surface area contributed by atoms with Crippen molar-refractivity contribution < 1.29 is 4.79 Å². The van der Waals surface area contributed by atoms with Gasteiger partial charge in [-0.25, -0.2) is 0 Å². The Labute approximate surface area is 100 Å². The zero-order valence-electron chi connectivity index (χ0n) is 9.22. The fourth-order valence-corrected chi connectivity index (χ4v) is 2.18. The quantitative estimate of drug-likeness (QED) is 0.831. The molecule has 0 saturated carbocycles. The molecular weight excluding hydrogens is 224 g/mol. The van der Waals surface area contributed by atoms with Gasteiger partial charge in [0.25, 0.3) is 0 Å². The minimum absolute atomic E-state index is 0.0217. The van der Waals surface area contributed by atoms with Gasteiger partial charge in [0.2, 0.25) is 5.91 Å². The third kappa shape index (κ3) is 2.14. The van der Waals surface area contributed by atoms with E-state index in [0.717, 1.165) is 24.2 Å². The minimum Gasteiger partial charge on any atom is -0.381 e. The van der Waals surface area contributed by atoms with Gasteiger partial charge in [0.1, 0.15) is 0 Å². The van der Waals surface area contributed by atoms with Crippen LogP contribution in [0.2, 0.25) is 5.02 Å². The molecule has 2 rings (SSSR count). The lowest BCUT2D eigenvalue weighted by Crippen LogP contribution is -2.25. The van der Waals surface area contributed by atoms with Crippen LogP contribution in [-0.4, -0.2) is 12.5 Å². The molecule has 2 N–H and O–H groups in total. The van der Waals surface area contributed by atoms with Gasteiger partial charge in [0.15, 0.2) is 0 Å². The first-order valence-corrected chi connectivity index (χ1v) is 5.93. The molecule has 0 bridgehead atoms. The van der Waals surface area contributed by atoms with E-state index < -0.39 is 0 Å². The molecule has 0 aromatic heterocycles. The van der Waals surface area contributed by atoms with Gasteiger partial charge >= 0.3 is 0 Å². The van der Waals surface area contributed by atoms with E-state index in [9.17, 15) is 4.79 Å². The van der Waals surface area contributed by atoms with Crippen LogP contribution in [0.4, 0.5) is 11.4 Å². The van der Waals surface area contributed by atoms with Crippen LogP contribution in [0.15, 0.2) is 18.2 Å². The van der Waals surface area contributed by atoms with Crippen molar-refractivity contribution in [2.24, 2.45) is 5.92 Å². The molecule has 3 nitrogen and oxygen atoms in total. The highest BCUT2D eigenvalue weighted by atomic mass is 35.5. The topological polar surface area (TPSA) is 41.1 Å². The summed E-state index contributed by atoms with van der Waals surface area (Å²) in [5, 5.41) is 6.80. The maximum Gasteiger partial charge on any atom is 0.229 e. The lowest BCUT2D eigenvalue weighted by molar-refractivity contribution is -0.119. The van der Waals surface area contributed by atoms with E-state index in [1.807, 2.05) is 18.2 Å². The highest BCUT2D eigenvalue weighted by Crippen LogP contribution is 2.32. The van der Waals surface area contributed by atoms with Crippen molar-refractivity contribution in [2.45, 2.75) is 19.8 Å². The van der Waals surface area contributed by atoms with Crippen LogP contribution in [0.5, 0.6) is 0 Å². The van der Waals surface area contributed by atoms with E-state index in [1.54, 1.807) is 0 Å². The van der Waals surface area contributed by atoms with Crippen molar-refractivity contribution >= 4 is 28.9 Å². The second kappa shape index (κ2) is 4.74. The van der Waals surface area contributed by atoms with E-state index in [4.69, 9.17) is 11.6 Å². The van der Waals surface area contributed by atoms with Crippen molar-refractivity contribution in [3.8, 4) is 0 Å². The number of rotatable bonds is 2. The summed E-state index contributed by atoms with van der Waals surface area (Å²) in [6.45, 7) is 2.73. The van der Waals surface area contributed by atoms with Crippen molar-refractivity contribution in [1.82, 2.24) is 0 Å². The Bertz CT molecular complexity index is 406. The lowest BCUT2D eigenvalue weighted by atomic mass is 10.0. The fourth-order valence-electron chi connectivity index (χ4n) is 1.94. The van der Waals surface area contributed by atoms with Crippen molar-refractivity contribution in [3.63, 3.8) is 0 Å². The molecule has 1 heterocycles. The molecule has 0 radical (unpaired) electrons. The number of nitrogens with one attached hydrogen (secondary N) is 2. The van der Waals surface area contributed by atoms with Crippen LogP contribution in [0.3, 0.4) is 0 Å². The summed E-state index contributed by atoms with van der Waals surface area (Å²) >= 11 is 6.07. The third-order valence-electron chi connectivity index (χ3n) is 2.80. The van der Waals surface area contributed by atoms with E-state index >= 15 is 0 Å². The Morgan fingerprint density at radius 3 is 3.06 bits per heavy atom. The van der Waals surface area contributed by atoms with Gasteiger partial charge < -0.3 is 10.6 Å². The van der Waals surface area contributed by atoms with E-state index in [-0.39, 0.29) is 11.8 Å². The van der Waals surface area contributed by atoms with Gasteiger partial charge in [-0.1, -0.05) is 31.0 Å². The van der Waals surface area contributed by atoms with Crippen molar-refractivity contribution in [1.29, 1.82) is 0 Å². The lowest BCUT2D eigenvalue weighted by Gasteiger charge is -2.11. The molecule has 1 amide bonds. The van der Waals surface area contributed by atoms with Crippen LogP contribution in [0.1, 0.15) is 19.8 Å². The summed E-state index contributed by atoms with van der Waals surface area (Å²) in [4.78, 5) is 11.9. The van der Waals surface area contributed by atoms with Crippen molar-refractivity contribution in [2.75, 3.05) is 17.2 Å². The Morgan fingerprint density at radius 1 is 1.50 bits per heavy atom. The largest absolute Gasteiger partial charge is 0.381 e. The normalized spacial score (nSPS) is 19.4. The first-order valence-electron chi connectivity index (χ1n) is 5.55. The number of hydrogen-bond donors (Lipinski definition) is 2. The molecule has 4 heteroatoms. The SMILES string of the molecule is CCCC1CNc2c(Cl)cccc2NC1=O. The molecule has 0 fully saturated rings. The molecule has 1 atom stereocenters. The number of hydrogen-bond acceptors (Lipinski definition) is 2. The third-order valence-corrected chi connectivity index (χ3v) is 3.12. The Kier molecular flexibility index (Phi) is 3.34. The maximum atomic E-state index is 11.9. The molecule has 1 aliphatic rings. The number of para-hydroxylation sites is 1. The Hall–Kier alpha value is -1.22. The van der Waals surface area contributed by atoms with Gasteiger partial charge in [-0.15, -0.1) is 0 Å².